The van der Waals surface area contributed by atoms with Crippen LogP contribution in [0, 0.1) is 0 Å². The first-order chi connectivity index (χ1) is 6.79. The number of allylic oxidation sites excluding steroid dienone is 1. The lowest BCUT2D eigenvalue weighted by Gasteiger charge is -1.91. The maximum Gasteiger partial charge on any atom is 0.181 e. The van der Waals surface area contributed by atoms with Crippen molar-refractivity contribution < 1.29 is 4.79 Å². The summed E-state index contributed by atoms with van der Waals surface area (Å²) in [4.78, 5) is 14.3. The highest BCUT2D eigenvalue weighted by Crippen LogP contribution is 2.24. The van der Waals surface area contributed by atoms with E-state index in [-0.39, 0.29) is 0 Å². The fraction of sp³-hybridized carbons (Fsp3) is 0. The Bertz CT molecular complexity index is 502. The first-order valence-corrected chi connectivity index (χ1v) is 4.89. The summed E-state index contributed by atoms with van der Waals surface area (Å²) in [6, 6.07) is 5.79. The normalized spacial score (nSPS) is 11.1. The minimum Gasteiger partial charge on any atom is -0.375 e. The number of aromatic nitrogens is 1. The number of thiazole rings is 1. The number of carbonyl (C=O) groups is 1. The first-order valence-electron chi connectivity index (χ1n) is 4.07. The van der Waals surface area contributed by atoms with Crippen LogP contribution in [0.2, 0.25) is 0 Å². The largest absolute Gasteiger partial charge is 0.375 e. The van der Waals surface area contributed by atoms with Crippen molar-refractivity contribution in [3.63, 3.8) is 0 Å². The van der Waals surface area contributed by atoms with Crippen LogP contribution >= 0.6 is 11.3 Å². The van der Waals surface area contributed by atoms with Gasteiger partial charge in [0, 0.05) is 0 Å². The minimum absolute atomic E-state index is 0.566. The van der Waals surface area contributed by atoms with E-state index >= 15 is 0 Å². The molecule has 0 aliphatic carbocycles. The summed E-state index contributed by atoms with van der Waals surface area (Å²) in [7, 11) is 0. The third kappa shape index (κ3) is 1.65. The molecular weight excluding hydrogens is 196 g/mol. The molecule has 2 aromatic rings. The van der Waals surface area contributed by atoms with E-state index in [9.17, 15) is 4.79 Å². The number of nitrogens with two attached hydrogens (primary N) is 1. The van der Waals surface area contributed by atoms with Crippen LogP contribution in [-0.2, 0) is 4.79 Å². The van der Waals surface area contributed by atoms with Crippen LogP contribution in [0.4, 0.5) is 5.13 Å². The van der Waals surface area contributed by atoms with Gasteiger partial charge in [0.1, 0.15) is 6.29 Å². The summed E-state index contributed by atoms with van der Waals surface area (Å²) in [5.41, 5.74) is 7.40. The lowest BCUT2D eigenvalue weighted by molar-refractivity contribution is -0.104. The van der Waals surface area contributed by atoms with Gasteiger partial charge in [-0.15, -0.1) is 0 Å². The molecular formula is C10H8N2OS. The van der Waals surface area contributed by atoms with Gasteiger partial charge in [0.15, 0.2) is 5.13 Å². The van der Waals surface area contributed by atoms with Crippen LogP contribution < -0.4 is 5.73 Å². The van der Waals surface area contributed by atoms with Crippen molar-refractivity contribution in [1.29, 1.82) is 0 Å². The Balaban J connectivity index is 2.50. The van der Waals surface area contributed by atoms with E-state index in [1.807, 2.05) is 18.2 Å². The Kier molecular flexibility index (Phi) is 2.28. The van der Waals surface area contributed by atoms with E-state index in [4.69, 9.17) is 5.73 Å². The molecule has 1 aromatic heterocycles. The van der Waals surface area contributed by atoms with Crippen molar-refractivity contribution in [2.24, 2.45) is 0 Å². The van der Waals surface area contributed by atoms with Crippen molar-refractivity contribution in [2.45, 2.75) is 0 Å². The maximum atomic E-state index is 10.1. The third-order valence-corrected chi connectivity index (χ3v) is 2.66. The van der Waals surface area contributed by atoms with E-state index in [0.717, 1.165) is 22.1 Å². The molecule has 3 nitrogen and oxygen atoms in total. The molecule has 2 N–H and O–H groups in total. The first kappa shape index (κ1) is 8.90. The third-order valence-electron chi connectivity index (χ3n) is 1.80. The van der Waals surface area contributed by atoms with Gasteiger partial charge in [-0.3, -0.25) is 4.79 Å². The second kappa shape index (κ2) is 3.59. The zero-order valence-corrected chi connectivity index (χ0v) is 8.12. The Morgan fingerprint density at radius 1 is 1.43 bits per heavy atom. The van der Waals surface area contributed by atoms with Gasteiger partial charge >= 0.3 is 0 Å². The van der Waals surface area contributed by atoms with Gasteiger partial charge in [-0.2, -0.15) is 0 Å². The van der Waals surface area contributed by atoms with Crippen molar-refractivity contribution in [1.82, 2.24) is 4.98 Å². The molecule has 70 valence electrons. The Hall–Kier alpha value is -1.68. The highest BCUT2D eigenvalue weighted by molar-refractivity contribution is 7.22. The van der Waals surface area contributed by atoms with Gasteiger partial charge in [-0.1, -0.05) is 23.5 Å². The number of rotatable bonds is 2. The molecule has 0 aliphatic heterocycles. The second-order valence-electron chi connectivity index (χ2n) is 2.77. The zero-order chi connectivity index (χ0) is 9.97. The zero-order valence-electron chi connectivity index (χ0n) is 7.31. The van der Waals surface area contributed by atoms with E-state index < -0.39 is 0 Å². The van der Waals surface area contributed by atoms with E-state index in [2.05, 4.69) is 4.98 Å². The van der Waals surface area contributed by atoms with Gasteiger partial charge in [0.05, 0.1) is 10.2 Å². The number of carbonyl (C=O) groups excluding carboxylic acids is 1. The molecule has 0 aliphatic rings. The maximum absolute atomic E-state index is 10.1. The van der Waals surface area contributed by atoms with E-state index in [1.165, 1.54) is 17.4 Å². The highest BCUT2D eigenvalue weighted by atomic mass is 32.1. The van der Waals surface area contributed by atoms with Gasteiger partial charge < -0.3 is 5.73 Å². The lowest BCUT2D eigenvalue weighted by Crippen LogP contribution is -1.79. The summed E-state index contributed by atoms with van der Waals surface area (Å²) in [5, 5.41) is 0.566. The fourth-order valence-electron chi connectivity index (χ4n) is 1.22. The molecule has 4 heteroatoms. The predicted molar refractivity (Wildman–Crippen MR) is 59.1 cm³/mol. The lowest BCUT2D eigenvalue weighted by atomic mass is 10.2. The molecule has 0 unspecified atom stereocenters. The summed E-state index contributed by atoms with van der Waals surface area (Å²) in [6.45, 7) is 0. The summed E-state index contributed by atoms with van der Waals surface area (Å²) in [6.07, 6.45) is 3.94. The number of hydrogen-bond acceptors (Lipinski definition) is 4. The molecule has 0 atom stereocenters. The van der Waals surface area contributed by atoms with Crippen molar-refractivity contribution in [3.05, 3.63) is 29.8 Å². The summed E-state index contributed by atoms with van der Waals surface area (Å²) in [5.74, 6) is 0. The predicted octanol–water partition coefficient (Wildman–Crippen LogP) is 2.09. The SMILES string of the molecule is Nc1nc2cc(C=CC=O)ccc2s1. The number of fused-ring (bicyclic) bond motifs is 1. The molecule has 0 saturated heterocycles. The van der Waals surface area contributed by atoms with Crippen LogP contribution in [0.25, 0.3) is 16.3 Å². The molecule has 0 radical (unpaired) electrons. The van der Waals surface area contributed by atoms with Crippen molar-refractivity contribution in [2.75, 3.05) is 5.73 Å². The Morgan fingerprint density at radius 2 is 2.29 bits per heavy atom. The summed E-state index contributed by atoms with van der Waals surface area (Å²) < 4.78 is 1.06. The fourth-order valence-corrected chi connectivity index (χ4v) is 1.93. The molecule has 0 spiro atoms. The topological polar surface area (TPSA) is 56.0 Å². The molecule has 1 aromatic carbocycles. The van der Waals surface area contributed by atoms with E-state index in [0.29, 0.717) is 5.13 Å². The second-order valence-corrected chi connectivity index (χ2v) is 3.84. The van der Waals surface area contributed by atoms with E-state index in [1.54, 1.807) is 6.08 Å². The molecule has 0 fully saturated rings. The summed E-state index contributed by atoms with van der Waals surface area (Å²) >= 11 is 1.46. The average Bonchev–Trinajstić information content (AvgIpc) is 2.54. The highest BCUT2D eigenvalue weighted by Gasteiger charge is 1.99. The number of nitrogen functional groups attached to an aromatic ring is 1. The van der Waals surface area contributed by atoms with Crippen molar-refractivity contribution >= 4 is 39.0 Å². The number of benzene rings is 1. The Labute approximate surface area is 84.9 Å². The van der Waals surface area contributed by atoms with Crippen LogP contribution in [0.5, 0.6) is 0 Å². The number of anilines is 1. The smallest absolute Gasteiger partial charge is 0.181 e. The molecule has 0 saturated carbocycles. The van der Waals surface area contributed by atoms with Crippen molar-refractivity contribution in [3.8, 4) is 0 Å². The minimum atomic E-state index is 0.566. The average molecular weight is 204 g/mol. The Morgan fingerprint density at radius 3 is 3.07 bits per heavy atom. The van der Waals surface area contributed by atoms with Crippen LogP contribution in [0.1, 0.15) is 5.56 Å². The van der Waals surface area contributed by atoms with Gasteiger partial charge in [-0.25, -0.2) is 4.98 Å². The molecule has 1 heterocycles. The molecule has 0 amide bonds. The number of aldehydes is 1. The van der Waals surface area contributed by atoms with Gasteiger partial charge in [-0.05, 0) is 23.8 Å². The van der Waals surface area contributed by atoms with Gasteiger partial charge in [0.2, 0.25) is 0 Å². The number of nitrogens with zero attached hydrogens (tertiary/aromatic N) is 1. The quantitative estimate of drug-likeness (QED) is 0.602. The monoisotopic (exact) mass is 204 g/mol. The molecule has 2 rings (SSSR count). The van der Waals surface area contributed by atoms with Gasteiger partial charge in [0.25, 0.3) is 0 Å². The molecule has 0 bridgehead atoms. The van der Waals surface area contributed by atoms with Crippen LogP contribution in [-0.4, -0.2) is 11.3 Å². The van der Waals surface area contributed by atoms with Crippen LogP contribution in [0.15, 0.2) is 24.3 Å². The standard InChI is InChI=1S/C10H8N2OS/c11-10-12-8-6-7(2-1-5-13)3-4-9(8)14-10/h1-6H,(H2,11,12). The van der Waals surface area contributed by atoms with Crippen LogP contribution in [0.3, 0.4) is 0 Å². The number of hydrogen-bond donors (Lipinski definition) is 1. The molecule has 14 heavy (non-hydrogen) atoms.